The van der Waals surface area contributed by atoms with Crippen LogP contribution in [-0.2, 0) is 52.6 Å². The molecule has 0 radical (unpaired) electrons. The number of carbonyl (C=O) groups excluding carboxylic acids is 7. The van der Waals surface area contributed by atoms with Gasteiger partial charge in [0.2, 0.25) is 53.4 Å². The molecule has 7 heterocycles. The van der Waals surface area contributed by atoms with Gasteiger partial charge in [-0.05, 0) is 110 Å². The van der Waals surface area contributed by atoms with E-state index in [0.717, 1.165) is 66.7 Å². The number of aliphatic carboxylic acids is 1. The zero-order valence-corrected chi connectivity index (χ0v) is 55.8. The molecule has 35 heteroatoms. The number of aliphatic hydroxyl groups excluding tert-OH is 6. The topological polar surface area (TPSA) is 530 Å². The molecule has 0 spiro atoms. The summed E-state index contributed by atoms with van der Waals surface area (Å²) in [6.07, 6.45) is -18.6. The van der Waals surface area contributed by atoms with E-state index >= 15 is 14.4 Å². The van der Waals surface area contributed by atoms with Gasteiger partial charge >= 0.3 is 5.97 Å². The molecule has 18 atom stereocenters. The van der Waals surface area contributed by atoms with Crippen LogP contribution < -0.4 is 62.9 Å². The first kappa shape index (κ1) is 74.5. The highest BCUT2D eigenvalue weighted by Gasteiger charge is 2.51. The standard InChI is InChI=1S/C66H75Cl2N9O24/c1-23(2)12-34(71-5)58(88)76-49-51(83)26-7-10-38(32(67)14-26)97-40-16-28-17-41(55(40)101-65-56(54(86)53(85)42(22-78)99-65)100-44-21-66(4,70)57(87)24(3)96-44)98-39-11-8-27(15-33(39)68)52(84)50-63(93)75-48(64(94)95)31-18-29(79)19-37(81)45(31)30-13-25(6-9-36(30)80)46(60(90)77-50)74-61(91)47(28)73-59(89)35(20-43(69)82)72-62(49)92/h6-11,13-19,23-24,34-35,42,44,46-54,56-57,65,71,78-81,83-87H,12,20-22,70H2,1-5H3,(H2,69,82)(H,72,92)(H,73,89)(H,74,91)(H,75,93)(H,76,88)(H,77,90)(H,94,95)/t24?,34-,35+,42?,44?,46?,47-,48-,49?,50+,51-,52-,53?,54?,56?,57?,65?,66?/m1/s1. The third-order valence-corrected chi connectivity index (χ3v) is 18.4. The van der Waals surface area contributed by atoms with Crippen molar-refractivity contribution in [3.8, 4) is 57.1 Å². The Morgan fingerprint density at radius 1 is 0.713 bits per heavy atom. The zero-order valence-electron chi connectivity index (χ0n) is 54.3. The van der Waals surface area contributed by atoms with Gasteiger partial charge < -0.3 is 128 Å². The van der Waals surface area contributed by atoms with E-state index in [1.165, 1.54) is 33.0 Å². The molecular weight excluding hydrogens is 1370 g/mol. The number of hydrogen-bond donors (Lipinski definition) is 19. The van der Waals surface area contributed by atoms with E-state index in [1.54, 1.807) is 0 Å². The minimum atomic E-state index is -2.35. The molecular formula is C66H75Cl2N9O24. The molecule has 2 fully saturated rings. The summed E-state index contributed by atoms with van der Waals surface area (Å²) < 4.78 is 38.3. The van der Waals surface area contributed by atoms with Crippen LogP contribution in [0.1, 0.15) is 105 Å². The number of nitrogens with two attached hydrogens (primary N) is 2. The van der Waals surface area contributed by atoms with Crippen LogP contribution in [0.4, 0.5) is 0 Å². The molecule has 33 nitrogen and oxygen atoms in total. The molecule has 21 N–H and O–H groups in total. The first-order valence-corrected chi connectivity index (χ1v) is 32.4. The Balaban J connectivity index is 1.24. The van der Waals surface area contributed by atoms with Crippen molar-refractivity contribution < 1.29 is 118 Å². The number of aliphatic hydroxyl groups is 6. The van der Waals surface area contributed by atoms with Gasteiger partial charge in [-0.3, -0.25) is 33.6 Å². The number of fused-ring (bicyclic) bond motifs is 15. The van der Waals surface area contributed by atoms with Crippen LogP contribution in [0.25, 0.3) is 11.1 Å². The summed E-state index contributed by atoms with van der Waals surface area (Å²) >= 11 is 14.1. The number of halogens is 2. The summed E-state index contributed by atoms with van der Waals surface area (Å²) in [7, 11) is 1.47. The molecule has 0 saturated carbocycles. The highest BCUT2D eigenvalue weighted by molar-refractivity contribution is 6.32. The number of aromatic hydroxyl groups is 3. The normalized spacial score (nSPS) is 29.4. The SMILES string of the molecule is CN[C@H](CC(C)C)C(=O)NC1C(=O)N[C@@H](CC(N)=O)C(=O)N[C@H]2C(=O)NC3C(=O)N[C@H](C(=O)N[C@@H](C(=O)O)c4cc(O)cc(O)c4-c4cc3ccc4O)[C@H](O)c3ccc(c(Cl)c3)Oc3cc2cc(c3OC2OC(CO)C(O)C(O)C2OC2CC(C)(N)C(O)C(C)O2)Oc2ccc(cc2Cl)[C@H]1O. The van der Waals surface area contributed by atoms with Crippen molar-refractivity contribution in [3.63, 3.8) is 0 Å². The monoisotopic (exact) mass is 1450 g/mol. The van der Waals surface area contributed by atoms with Crippen LogP contribution in [-0.4, -0.2) is 191 Å². The number of likely N-dealkylation sites (N-methyl/N-ethyl adjacent to an activating group) is 1. The lowest BCUT2D eigenvalue weighted by Crippen LogP contribution is -2.64. The second kappa shape index (κ2) is 30.2. The minimum absolute atomic E-state index is 0.0975. The average molecular weight is 1450 g/mol. The van der Waals surface area contributed by atoms with E-state index in [1.807, 2.05) is 13.8 Å². The second-order valence-electron chi connectivity index (χ2n) is 25.7. The van der Waals surface area contributed by atoms with Crippen LogP contribution in [0, 0.1) is 5.92 Å². The van der Waals surface area contributed by atoms with Gasteiger partial charge in [-0.15, -0.1) is 0 Å². The fourth-order valence-corrected chi connectivity index (χ4v) is 12.9. The number of primary amides is 1. The summed E-state index contributed by atoms with van der Waals surface area (Å²) in [6, 6.07) is -0.679. The van der Waals surface area contributed by atoms with Gasteiger partial charge in [-0.1, -0.05) is 55.2 Å². The van der Waals surface area contributed by atoms with E-state index in [4.69, 9.17) is 63.1 Å². The molecule has 542 valence electrons. The number of carboxylic acids is 1. The van der Waals surface area contributed by atoms with Gasteiger partial charge in [-0.25, -0.2) is 4.79 Å². The Morgan fingerprint density at radius 3 is 1.90 bits per heavy atom. The number of amides is 7. The van der Waals surface area contributed by atoms with Crippen LogP contribution >= 0.6 is 23.2 Å². The van der Waals surface area contributed by atoms with Gasteiger partial charge in [0, 0.05) is 34.7 Å². The number of hydrogen-bond acceptors (Lipinski definition) is 25. The number of phenolic OH excluding ortho intramolecular Hbond substituents is 3. The van der Waals surface area contributed by atoms with E-state index in [-0.39, 0.29) is 46.2 Å². The third-order valence-electron chi connectivity index (χ3n) is 17.8. The van der Waals surface area contributed by atoms with Crippen LogP contribution in [0.3, 0.4) is 0 Å². The first-order chi connectivity index (χ1) is 47.7. The quantitative estimate of drug-likeness (QED) is 0.0743. The maximum Gasteiger partial charge on any atom is 0.330 e. The van der Waals surface area contributed by atoms with Gasteiger partial charge in [-0.2, -0.15) is 0 Å². The average Bonchev–Trinajstić information content (AvgIpc) is 0.775. The maximum atomic E-state index is 16.0. The van der Waals surface area contributed by atoms with Crippen molar-refractivity contribution in [2.75, 3.05) is 13.7 Å². The fraction of sp³-hybridized carbons (Fsp3) is 0.424. The Morgan fingerprint density at radius 2 is 1.32 bits per heavy atom. The number of benzene rings is 5. The van der Waals surface area contributed by atoms with E-state index in [2.05, 4.69) is 37.2 Å². The van der Waals surface area contributed by atoms with Crippen molar-refractivity contribution in [2.24, 2.45) is 17.4 Å². The summed E-state index contributed by atoms with van der Waals surface area (Å²) in [4.78, 5) is 117. The Bertz CT molecular complexity index is 4070. The van der Waals surface area contributed by atoms with Crippen molar-refractivity contribution in [1.29, 1.82) is 0 Å². The highest BCUT2D eigenvalue weighted by Crippen LogP contribution is 2.50. The molecule has 7 amide bonds. The summed E-state index contributed by atoms with van der Waals surface area (Å²) in [5, 5.41) is 131. The molecule has 0 aliphatic carbocycles. The van der Waals surface area contributed by atoms with E-state index < -0.39 is 237 Å². The number of carboxylic acid groups (broad SMARTS) is 1. The Hall–Kier alpha value is -9.20. The lowest BCUT2D eigenvalue weighted by molar-refractivity contribution is -0.333. The second-order valence-corrected chi connectivity index (χ2v) is 26.5. The third kappa shape index (κ3) is 15.8. The largest absolute Gasteiger partial charge is 0.508 e. The predicted octanol–water partition coefficient (Wildman–Crippen LogP) is 0.106. The van der Waals surface area contributed by atoms with Gasteiger partial charge in [0.05, 0.1) is 41.3 Å². The van der Waals surface area contributed by atoms with Gasteiger partial charge in [0.25, 0.3) is 0 Å². The molecule has 2 saturated heterocycles. The first-order valence-electron chi connectivity index (χ1n) is 31.6. The van der Waals surface area contributed by atoms with Gasteiger partial charge in [0.15, 0.2) is 29.9 Å². The smallest absolute Gasteiger partial charge is 0.330 e. The highest BCUT2D eigenvalue weighted by atomic mass is 35.5. The number of nitrogens with one attached hydrogen (secondary N) is 7. The minimum Gasteiger partial charge on any atom is -0.508 e. The van der Waals surface area contributed by atoms with Crippen molar-refractivity contribution >= 4 is 70.5 Å². The molecule has 101 heavy (non-hydrogen) atoms. The van der Waals surface area contributed by atoms with E-state index in [0.29, 0.717) is 0 Å². The Labute approximate surface area is 584 Å². The molecule has 11 unspecified atom stereocenters. The molecule has 11 bridgehead atoms. The molecule has 0 aromatic heterocycles. The van der Waals surface area contributed by atoms with Gasteiger partial charge in [0.1, 0.15) is 89.5 Å². The van der Waals surface area contributed by atoms with Crippen molar-refractivity contribution in [3.05, 3.63) is 117 Å². The van der Waals surface area contributed by atoms with E-state index in [9.17, 15) is 75.0 Å². The maximum absolute atomic E-state index is 16.0. The number of phenols is 3. The zero-order chi connectivity index (χ0) is 73.5. The Kier molecular flexibility index (Phi) is 22.2. The molecule has 12 rings (SSSR count). The van der Waals surface area contributed by atoms with Crippen molar-refractivity contribution in [1.82, 2.24) is 37.2 Å². The van der Waals surface area contributed by atoms with Crippen LogP contribution in [0.2, 0.25) is 10.0 Å². The summed E-state index contributed by atoms with van der Waals surface area (Å²) in [5.41, 5.74) is 8.00. The lowest BCUT2D eigenvalue weighted by atomic mass is 9.86. The van der Waals surface area contributed by atoms with Crippen LogP contribution in [0.15, 0.2) is 78.9 Å². The summed E-state index contributed by atoms with van der Waals surface area (Å²) in [5.74, 6) is -16.0. The molecule has 5 aromatic rings. The summed E-state index contributed by atoms with van der Waals surface area (Å²) in [6.45, 7) is 5.66. The number of rotatable bonds is 13. The molecule has 7 aliphatic heterocycles. The molecule has 7 aliphatic rings. The van der Waals surface area contributed by atoms with Crippen molar-refractivity contribution in [2.45, 2.75) is 156 Å². The predicted molar refractivity (Wildman–Crippen MR) is 349 cm³/mol. The molecule has 5 aromatic carbocycles. The fourth-order valence-electron chi connectivity index (χ4n) is 12.5. The number of ether oxygens (including phenoxy) is 6. The van der Waals surface area contributed by atoms with Crippen LogP contribution in [0.5, 0.6) is 46.0 Å². The number of carbonyl (C=O) groups is 8. The lowest BCUT2D eigenvalue weighted by Gasteiger charge is -2.47.